The van der Waals surface area contributed by atoms with E-state index in [-0.39, 0.29) is 0 Å². The summed E-state index contributed by atoms with van der Waals surface area (Å²) < 4.78 is 5.80. The van der Waals surface area contributed by atoms with E-state index in [0.29, 0.717) is 12.5 Å². The molecular formula is C18H29N3O. The molecule has 0 aliphatic carbocycles. The number of ether oxygens (including phenoxy) is 1. The summed E-state index contributed by atoms with van der Waals surface area (Å²) >= 11 is 0. The summed E-state index contributed by atoms with van der Waals surface area (Å²) in [6, 6.07) is 10.3. The molecule has 4 heteroatoms. The molecule has 22 heavy (non-hydrogen) atoms. The van der Waals surface area contributed by atoms with Crippen LogP contribution in [-0.2, 0) is 11.3 Å². The molecule has 2 rings (SSSR count). The summed E-state index contributed by atoms with van der Waals surface area (Å²) in [4.78, 5) is 7.13. The van der Waals surface area contributed by atoms with Crippen LogP contribution in [0.5, 0.6) is 0 Å². The van der Waals surface area contributed by atoms with Gasteiger partial charge in [-0.05, 0) is 31.2 Å². The van der Waals surface area contributed by atoms with Gasteiger partial charge in [0.15, 0.2) is 5.96 Å². The van der Waals surface area contributed by atoms with Crippen molar-refractivity contribution < 1.29 is 4.74 Å². The van der Waals surface area contributed by atoms with Gasteiger partial charge in [0.05, 0.1) is 13.2 Å². The average molecular weight is 303 g/mol. The van der Waals surface area contributed by atoms with Crippen LogP contribution in [0.2, 0.25) is 0 Å². The van der Waals surface area contributed by atoms with Crippen molar-refractivity contribution in [2.45, 2.75) is 33.3 Å². The summed E-state index contributed by atoms with van der Waals surface area (Å²) in [5.74, 6) is 1.50. The zero-order valence-electron chi connectivity index (χ0n) is 13.9. The first-order chi connectivity index (χ1) is 10.8. The summed E-state index contributed by atoms with van der Waals surface area (Å²) in [7, 11) is 0. The topological polar surface area (TPSA) is 36.9 Å². The molecule has 0 saturated carbocycles. The number of nitrogens with one attached hydrogen (secondary N) is 1. The molecule has 1 aromatic carbocycles. The molecule has 1 fully saturated rings. The Morgan fingerprint density at radius 2 is 2.00 bits per heavy atom. The maximum Gasteiger partial charge on any atom is 0.193 e. The average Bonchev–Trinajstić information content (AvgIpc) is 3.07. The van der Waals surface area contributed by atoms with Crippen LogP contribution in [0.1, 0.15) is 32.3 Å². The van der Waals surface area contributed by atoms with Crippen molar-refractivity contribution in [2.24, 2.45) is 10.9 Å². The predicted molar refractivity (Wildman–Crippen MR) is 92.0 cm³/mol. The smallest absolute Gasteiger partial charge is 0.193 e. The SMILES string of the molecule is CCNC(=NCC(C)COCc1ccccc1)N1CCCC1. The van der Waals surface area contributed by atoms with E-state index in [4.69, 9.17) is 9.73 Å². The zero-order chi connectivity index (χ0) is 15.6. The summed E-state index contributed by atoms with van der Waals surface area (Å²) in [6.07, 6.45) is 2.56. The summed E-state index contributed by atoms with van der Waals surface area (Å²) in [6.45, 7) is 9.75. The summed E-state index contributed by atoms with van der Waals surface area (Å²) in [5.41, 5.74) is 1.23. The standard InChI is InChI=1S/C18H29N3O/c1-3-19-18(21-11-7-8-12-21)20-13-16(2)14-22-15-17-9-5-4-6-10-17/h4-6,9-10,16H,3,7-8,11-15H2,1-2H3,(H,19,20). The third-order valence-electron chi connectivity index (χ3n) is 3.81. The van der Waals surface area contributed by atoms with E-state index in [1.807, 2.05) is 18.2 Å². The highest BCUT2D eigenvalue weighted by Crippen LogP contribution is 2.08. The largest absolute Gasteiger partial charge is 0.376 e. The number of nitrogens with zero attached hydrogens (tertiary/aromatic N) is 2. The Bertz CT molecular complexity index is 441. The molecule has 1 aliphatic rings. The number of hydrogen-bond acceptors (Lipinski definition) is 2. The second-order valence-corrected chi connectivity index (χ2v) is 5.99. The Balaban J connectivity index is 1.72. The van der Waals surface area contributed by atoms with Gasteiger partial charge in [-0.2, -0.15) is 0 Å². The van der Waals surface area contributed by atoms with Gasteiger partial charge < -0.3 is 15.0 Å². The minimum absolute atomic E-state index is 0.431. The van der Waals surface area contributed by atoms with Gasteiger partial charge >= 0.3 is 0 Å². The molecule has 1 unspecified atom stereocenters. The maximum absolute atomic E-state index is 5.80. The van der Waals surface area contributed by atoms with Gasteiger partial charge in [0.25, 0.3) is 0 Å². The van der Waals surface area contributed by atoms with Crippen molar-refractivity contribution in [3.63, 3.8) is 0 Å². The first kappa shape index (κ1) is 16.8. The highest BCUT2D eigenvalue weighted by atomic mass is 16.5. The lowest BCUT2D eigenvalue weighted by atomic mass is 10.2. The van der Waals surface area contributed by atoms with Crippen LogP contribution in [0.3, 0.4) is 0 Å². The number of likely N-dealkylation sites (tertiary alicyclic amines) is 1. The van der Waals surface area contributed by atoms with Crippen LogP contribution >= 0.6 is 0 Å². The molecule has 0 bridgehead atoms. The molecule has 1 heterocycles. The van der Waals surface area contributed by atoms with Crippen molar-refractivity contribution in [1.29, 1.82) is 0 Å². The first-order valence-corrected chi connectivity index (χ1v) is 8.44. The van der Waals surface area contributed by atoms with Crippen molar-refractivity contribution in [3.8, 4) is 0 Å². The molecule has 0 aromatic heterocycles. The number of benzene rings is 1. The van der Waals surface area contributed by atoms with Gasteiger partial charge in [-0.25, -0.2) is 0 Å². The summed E-state index contributed by atoms with van der Waals surface area (Å²) in [5, 5.41) is 3.40. The van der Waals surface area contributed by atoms with Crippen molar-refractivity contribution in [2.75, 3.05) is 32.8 Å². The molecule has 1 aromatic rings. The second-order valence-electron chi connectivity index (χ2n) is 5.99. The monoisotopic (exact) mass is 303 g/mol. The lowest BCUT2D eigenvalue weighted by Gasteiger charge is -2.21. The van der Waals surface area contributed by atoms with Crippen LogP contribution in [-0.4, -0.2) is 43.6 Å². The Labute approximate surface area is 134 Å². The Kier molecular flexibility index (Phi) is 7.23. The van der Waals surface area contributed by atoms with Crippen molar-refractivity contribution in [1.82, 2.24) is 10.2 Å². The first-order valence-electron chi connectivity index (χ1n) is 8.44. The number of guanidine groups is 1. The van der Waals surface area contributed by atoms with Crippen molar-refractivity contribution in [3.05, 3.63) is 35.9 Å². The third kappa shape index (κ3) is 5.68. The van der Waals surface area contributed by atoms with E-state index >= 15 is 0 Å². The molecule has 0 radical (unpaired) electrons. The van der Waals surface area contributed by atoms with E-state index in [0.717, 1.165) is 38.7 Å². The molecule has 4 nitrogen and oxygen atoms in total. The molecule has 0 amide bonds. The highest BCUT2D eigenvalue weighted by Gasteiger charge is 2.15. The number of rotatable bonds is 7. The Hall–Kier alpha value is -1.55. The molecule has 1 aliphatic heterocycles. The van der Waals surface area contributed by atoms with E-state index in [9.17, 15) is 0 Å². The van der Waals surface area contributed by atoms with Gasteiger partial charge in [-0.1, -0.05) is 37.3 Å². The fourth-order valence-corrected chi connectivity index (χ4v) is 2.60. The molecule has 1 saturated heterocycles. The minimum atomic E-state index is 0.431. The molecule has 1 N–H and O–H groups in total. The lowest BCUT2D eigenvalue weighted by molar-refractivity contribution is 0.0944. The highest BCUT2D eigenvalue weighted by molar-refractivity contribution is 5.80. The fraction of sp³-hybridized carbons (Fsp3) is 0.611. The van der Waals surface area contributed by atoms with E-state index in [1.54, 1.807) is 0 Å². The van der Waals surface area contributed by atoms with E-state index < -0.39 is 0 Å². The number of aliphatic imine (C=N–C) groups is 1. The maximum atomic E-state index is 5.80. The molecular weight excluding hydrogens is 274 g/mol. The predicted octanol–water partition coefficient (Wildman–Crippen LogP) is 2.90. The molecule has 122 valence electrons. The van der Waals surface area contributed by atoms with Gasteiger partial charge in [0, 0.05) is 26.2 Å². The van der Waals surface area contributed by atoms with Crippen LogP contribution in [0, 0.1) is 5.92 Å². The van der Waals surface area contributed by atoms with E-state index in [2.05, 4.69) is 36.2 Å². The van der Waals surface area contributed by atoms with E-state index in [1.165, 1.54) is 18.4 Å². The van der Waals surface area contributed by atoms with Crippen molar-refractivity contribution >= 4 is 5.96 Å². The second kappa shape index (κ2) is 9.46. The lowest BCUT2D eigenvalue weighted by Crippen LogP contribution is -2.40. The number of hydrogen-bond donors (Lipinski definition) is 1. The Morgan fingerprint density at radius 3 is 2.68 bits per heavy atom. The van der Waals surface area contributed by atoms with Crippen LogP contribution in [0.15, 0.2) is 35.3 Å². The van der Waals surface area contributed by atoms with Crippen LogP contribution < -0.4 is 5.32 Å². The van der Waals surface area contributed by atoms with Gasteiger partial charge in [0.2, 0.25) is 0 Å². The third-order valence-corrected chi connectivity index (χ3v) is 3.81. The Morgan fingerprint density at radius 1 is 1.27 bits per heavy atom. The van der Waals surface area contributed by atoms with Crippen LogP contribution in [0.25, 0.3) is 0 Å². The molecule has 0 spiro atoms. The molecule has 1 atom stereocenters. The normalized spacial score (nSPS) is 16.8. The van der Waals surface area contributed by atoms with Gasteiger partial charge in [-0.3, -0.25) is 4.99 Å². The fourth-order valence-electron chi connectivity index (χ4n) is 2.60. The van der Waals surface area contributed by atoms with Gasteiger partial charge in [-0.15, -0.1) is 0 Å². The van der Waals surface area contributed by atoms with Gasteiger partial charge in [0.1, 0.15) is 0 Å². The minimum Gasteiger partial charge on any atom is -0.376 e. The zero-order valence-corrected chi connectivity index (χ0v) is 13.9. The van der Waals surface area contributed by atoms with Crippen LogP contribution in [0.4, 0.5) is 0 Å². The quantitative estimate of drug-likeness (QED) is 0.621.